The predicted octanol–water partition coefficient (Wildman–Crippen LogP) is 1.72. The van der Waals surface area contributed by atoms with Gasteiger partial charge >= 0.3 is 0 Å². The van der Waals surface area contributed by atoms with Crippen molar-refractivity contribution in [2.24, 2.45) is 5.92 Å². The van der Waals surface area contributed by atoms with Crippen LogP contribution in [0.25, 0.3) is 0 Å². The largest absolute Gasteiger partial charge is 0.393 e. The van der Waals surface area contributed by atoms with E-state index in [1.165, 1.54) is 0 Å². The van der Waals surface area contributed by atoms with Gasteiger partial charge in [0.1, 0.15) is 0 Å². The van der Waals surface area contributed by atoms with Crippen LogP contribution in [0, 0.1) is 5.92 Å². The highest BCUT2D eigenvalue weighted by atomic mass is 16.3. The molecule has 0 spiro atoms. The van der Waals surface area contributed by atoms with Crippen LogP contribution in [0.1, 0.15) is 26.2 Å². The number of hydrogen-bond donors (Lipinski definition) is 1. The van der Waals surface area contributed by atoms with E-state index in [9.17, 15) is 0 Å². The topological polar surface area (TPSA) is 20.2 Å². The molecule has 0 heterocycles. The molecule has 2 atom stereocenters. The van der Waals surface area contributed by atoms with Gasteiger partial charge in [0.05, 0.1) is 6.10 Å². The van der Waals surface area contributed by atoms with E-state index in [4.69, 9.17) is 5.11 Å². The summed E-state index contributed by atoms with van der Waals surface area (Å²) < 4.78 is 0. The summed E-state index contributed by atoms with van der Waals surface area (Å²) in [4.78, 5) is 0. The summed E-state index contributed by atoms with van der Waals surface area (Å²) >= 11 is 0. The molecule has 0 aromatic rings. The molecule has 1 aliphatic rings. The third-order valence-electron chi connectivity index (χ3n) is 1.99. The van der Waals surface area contributed by atoms with E-state index >= 15 is 0 Å². The maximum Gasteiger partial charge on any atom is 0.0543 e. The summed E-state index contributed by atoms with van der Waals surface area (Å²) in [5, 5.41) is 9.14. The van der Waals surface area contributed by atoms with Crippen molar-refractivity contribution in [2.75, 3.05) is 0 Å². The zero-order chi connectivity index (χ0) is 6.69. The van der Waals surface area contributed by atoms with Crippen LogP contribution in [0.15, 0.2) is 12.2 Å². The molecule has 52 valence electrons. The Kier molecular flexibility index (Phi) is 2.29. The SMILES string of the molecule is C[C@@H](O)C1CC=CCC1. The minimum Gasteiger partial charge on any atom is -0.393 e. The first-order valence-electron chi connectivity index (χ1n) is 3.64. The van der Waals surface area contributed by atoms with Crippen molar-refractivity contribution in [1.82, 2.24) is 0 Å². The lowest BCUT2D eigenvalue weighted by Gasteiger charge is -2.19. The van der Waals surface area contributed by atoms with E-state index in [0.717, 1.165) is 19.3 Å². The third-order valence-corrected chi connectivity index (χ3v) is 1.99. The Hall–Kier alpha value is -0.300. The van der Waals surface area contributed by atoms with Gasteiger partial charge in [-0.25, -0.2) is 0 Å². The van der Waals surface area contributed by atoms with E-state index < -0.39 is 0 Å². The molecule has 1 heteroatoms. The first-order chi connectivity index (χ1) is 4.30. The minimum absolute atomic E-state index is 0.116. The van der Waals surface area contributed by atoms with Crippen molar-refractivity contribution in [3.05, 3.63) is 12.2 Å². The van der Waals surface area contributed by atoms with Gasteiger partial charge in [0, 0.05) is 0 Å². The fourth-order valence-corrected chi connectivity index (χ4v) is 1.26. The van der Waals surface area contributed by atoms with Crippen LogP contribution >= 0.6 is 0 Å². The summed E-state index contributed by atoms with van der Waals surface area (Å²) in [5.74, 6) is 0.523. The zero-order valence-electron chi connectivity index (χ0n) is 5.88. The van der Waals surface area contributed by atoms with Gasteiger partial charge in [0.2, 0.25) is 0 Å². The molecule has 0 aliphatic heterocycles. The number of aliphatic hydroxyl groups excluding tert-OH is 1. The van der Waals surface area contributed by atoms with Crippen molar-refractivity contribution in [3.8, 4) is 0 Å². The number of aliphatic hydroxyl groups is 1. The molecule has 0 aromatic heterocycles. The van der Waals surface area contributed by atoms with Gasteiger partial charge < -0.3 is 5.11 Å². The highest BCUT2D eigenvalue weighted by molar-refractivity contribution is 4.91. The van der Waals surface area contributed by atoms with E-state index in [-0.39, 0.29) is 6.10 Å². The molecule has 0 bridgehead atoms. The lowest BCUT2D eigenvalue weighted by Crippen LogP contribution is -2.17. The normalized spacial score (nSPS) is 30.2. The Morgan fingerprint density at radius 3 is 2.67 bits per heavy atom. The molecule has 1 rings (SSSR count). The molecular formula is C8H14O. The Balaban J connectivity index is 2.35. The lowest BCUT2D eigenvalue weighted by molar-refractivity contribution is 0.120. The van der Waals surface area contributed by atoms with Crippen molar-refractivity contribution in [3.63, 3.8) is 0 Å². The van der Waals surface area contributed by atoms with Crippen molar-refractivity contribution < 1.29 is 5.11 Å². The van der Waals surface area contributed by atoms with Crippen LogP contribution in [0.4, 0.5) is 0 Å². The van der Waals surface area contributed by atoms with Crippen molar-refractivity contribution in [1.29, 1.82) is 0 Å². The molecule has 9 heavy (non-hydrogen) atoms. The fourth-order valence-electron chi connectivity index (χ4n) is 1.26. The quantitative estimate of drug-likeness (QED) is 0.530. The summed E-state index contributed by atoms with van der Waals surface area (Å²) in [6.45, 7) is 1.88. The summed E-state index contributed by atoms with van der Waals surface area (Å²) in [7, 11) is 0. The Bertz CT molecular complexity index is 105. The highest BCUT2D eigenvalue weighted by Gasteiger charge is 2.14. The third kappa shape index (κ3) is 1.83. The van der Waals surface area contributed by atoms with Crippen LogP contribution in [-0.4, -0.2) is 11.2 Å². The minimum atomic E-state index is -0.116. The Morgan fingerprint density at radius 2 is 2.33 bits per heavy atom. The summed E-state index contributed by atoms with van der Waals surface area (Å²) in [6.07, 6.45) is 7.62. The molecule has 1 nitrogen and oxygen atoms in total. The molecular weight excluding hydrogens is 112 g/mol. The van der Waals surface area contributed by atoms with E-state index in [1.54, 1.807) is 0 Å². The van der Waals surface area contributed by atoms with Gasteiger partial charge in [0.15, 0.2) is 0 Å². The van der Waals surface area contributed by atoms with Gasteiger partial charge in [-0.1, -0.05) is 12.2 Å². The highest BCUT2D eigenvalue weighted by Crippen LogP contribution is 2.20. The maximum absolute atomic E-state index is 9.14. The van der Waals surface area contributed by atoms with E-state index in [0.29, 0.717) is 5.92 Å². The smallest absolute Gasteiger partial charge is 0.0543 e. The van der Waals surface area contributed by atoms with Crippen molar-refractivity contribution in [2.45, 2.75) is 32.3 Å². The van der Waals surface area contributed by atoms with Crippen LogP contribution in [-0.2, 0) is 0 Å². The molecule has 0 radical (unpaired) electrons. The lowest BCUT2D eigenvalue weighted by atomic mass is 9.90. The van der Waals surface area contributed by atoms with Gasteiger partial charge in [-0.15, -0.1) is 0 Å². The van der Waals surface area contributed by atoms with Gasteiger partial charge in [-0.05, 0) is 32.1 Å². The molecule has 1 aliphatic carbocycles. The van der Waals surface area contributed by atoms with Crippen LogP contribution < -0.4 is 0 Å². The Morgan fingerprint density at radius 1 is 1.56 bits per heavy atom. The maximum atomic E-state index is 9.14. The predicted molar refractivity (Wildman–Crippen MR) is 38.2 cm³/mol. The Labute approximate surface area is 56.4 Å². The van der Waals surface area contributed by atoms with Gasteiger partial charge in [-0.2, -0.15) is 0 Å². The van der Waals surface area contributed by atoms with E-state index in [2.05, 4.69) is 12.2 Å². The number of hydrogen-bond acceptors (Lipinski definition) is 1. The molecule has 0 saturated heterocycles. The molecule has 0 aromatic carbocycles. The second-order valence-corrected chi connectivity index (χ2v) is 2.79. The molecule has 1 unspecified atom stereocenters. The first-order valence-corrected chi connectivity index (χ1v) is 3.64. The zero-order valence-corrected chi connectivity index (χ0v) is 5.88. The summed E-state index contributed by atoms with van der Waals surface area (Å²) in [6, 6.07) is 0. The monoisotopic (exact) mass is 126 g/mol. The van der Waals surface area contributed by atoms with Crippen molar-refractivity contribution >= 4 is 0 Å². The summed E-state index contributed by atoms with van der Waals surface area (Å²) in [5.41, 5.74) is 0. The average Bonchev–Trinajstić information content (AvgIpc) is 1.90. The van der Waals surface area contributed by atoms with Crippen LogP contribution in [0.5, 0.6) is 0 Å². The van der Waals surface area contributed by atoms with Gasteiger partial charge in [0.25, 0.3) is 0 Å². The molecule has 1 N–H and O–H groups in total. The molecule has 0 saturated carbocycles. The first kappa shape index (κ1) is 6.81. The fraction of sp³-hybridized carbons (Fsp3) is 0.750. The molecule has 0 fully saturated rings. The molecule has 0 amide bonds. The second-order valence-electron chi connectivity index (χ2n) is 2.79. The van der Waals surface area contributed by atoms with E-state index in [1.807, 2.05) is 6.92 Å². The average molecular weight is 126 g/mol. The number of rotatable bonds is 1. The van der Waals surface area contributed by atoms with Crippen LogP contribution in [0.3, 0.4) is 0 Å². The van der Waals surface area contributed by atoms with Crippen LogP contribution in [0.2, 0.25) is 0 Å². The number of allylic oxidation sites excluding steroid dienone is 2. The standard InChI is InChI=1S/C8H14O/c1-7(9)8-5-3-2-4-6-8/h2-3,7-9H,4-6H2,1H3/t7-,8?/m1/s1. The van der Waals surface area contributed by atoms with Gasteiger partial charge in [-0.3, -0.25) is 0 Å². The second kappa shape index (κ2) is 3.02.